The smallest absolute Gasteiger partial charge is 0.352 e. The van der Waals surface area contributed by atoms with Crippen LogP contribution in [0.15, 0.2) is 30.0 Å². The summed E-state index contributed by atoms with van der Waals surface area (Å²) in [7, 11) is 1.63. The third kappa shape index (κ3) is 5.13. The third-order valence-electron chi connectivity index (χ3n) is 4.66. The SMILES string of the molecule is COCC1(Cc2ccc(Cl)c(Cl)c2)CCN(C(=CC(=O)O)C(=O)O)CC1. The predicted molar refractivity (Wildman–Crippen MR) is 98.6 cm³/mol. The van der Waals surface area contributed by atoms with E-state index in [1.165, 1.54) is 0 Å². The van der Waals surface area contributed by atoms with Gasteiger partial charge < -0.3 is 19.8 Å². The van der Waals surface area contributed by atoms with Gasteiger partial charge in [-0.25, -0.2) is 9.59 Å². The molecule has 1 aliphatic heterocycles. The van der Waals surface area contributed by atoms with Crippen molar-refractivity contribution in [3.8, 4) is 0 Å². The molecule has 0 bridgehead atoms. The Bertz CT molecular complexity index is 712. The summed E-state index contributed by atoms with van der Waals surface area (Å²) < 4.78 is 5.42. The average Bonchev–Trinajstić information content (AvgIpc) is 2.57. The molecule has 8 heteroatoms. The molecule has 0 unspecified atom stereocenters. The highest BCUT2D eigenvalue weighted by molar-refractivity contribution is 6.42. The Morgan fingerprint density at radius 1 is 1.23 bits per heavy atom. The molecule has 1 aromatic rings. The number of carboxylic acid groups (broad SMARTS) is 2. The summed E-state index contributed by atoms with van der Waals surface area (Å²) in [5, 5.41) is 19.1. The fraction of sp³-hybridized carbons (Fsp3) is 0.444. The minimum atomic E-state index is -1.27. The van der Waals surface area contributed by atoms with Crippen LogP contribution in [0.3, 0.4) is 0 Å². The minimum absolute atomic E-state index is 0.171. The van der Waals surface area contributed by atoms with Crippen molar-refractivity contribution < 1.29 is 24.5 Å². The van der Waals surface area contributed by atoms with Crippen molar-refractivity contribution in [1.82, 2.24) is 4.90 Å². The van der Waals surface area contributed by atoms with Gasteiger partial charge in [0.2, 0.25) is 0 Å². The number of piperidine rings is 1. The summed E-state index contributed by atoms with van der Waals surface area (Å²) in [5.41, 5.74) is 0.664. The first-order chi connectivity index (χ1) is 12.3. The van der Waals surface area contributed by atoms with E-state index in [1.54, 1.807) is 18.1 Å². The van der Waals surface area contributed by atoms with Crippen LogP contribution in [-0.4, -0.2) is 53.9 Å². The number of nitrogens with zero attached hydrogens (tertiary/aromatic N) is 1. The van der Waals surface area contributed by atoms with Crippen molar-refractivity contribution in [2.45, 2.75) is 19.3 Å². The fourth-order valence-corrected chi connectivity index (χ4v) is 3.71. The molecular weight excluding hydrogens is 381 g/mol. The Kier molecular flexibility index (Phi) is 6.92. The maximum Gasteiger partial charge on any atom is 0.352 e. The van der Waals surface area contributed by atoms with E-state index < -0.39 is 11.9 Å². The van der Waals surface area contributed by atoms with Crippen molar-refractivity contribution in [1.29, 1.82) is 0 Å². The lowest BCUT2D eigenvalue weighted by molar-refractivity contribution is -0.137. The molecule has 26 heavy (non-hydrogen) atoms. The van der Waals surface area contributed by atoms with E-state index in [1.807, 2.05) is 12.1 Å². The third-order valence-corrected chi connectivity index (χ3v) is 5.40. The Morgan fingerprint density at radius 3 is 2.38 bits per heavy atom. The Balaban J connectivity index is 2.16. The zero-order chi connectivity index (χ0) is 19.3. The van der Waals surface area contributed by atoms with Crippen LogP contribution in [0, 0.1) is 5.41 Å². The summed E-state index contributed by atoms with van der Waals surface area (Å²) in [6.07, 6.45) is 2.80. The number of methoxy groups -OCH3 is 1. The molecule has 0 aliphatic carbocycles. The first-order valence-electron chi connectivity index (χ1n) is 8.12. The molecule has 2 rings (SSSR count). The molecular formula is C18H21Cl2NO5. The highest BCUT2D eigenvalue weighted by atomic mass is 35.5. The number of carbonyl (C=O) groups is 2. The molecule has 0 spiro atoms. The highest BCUT2D eigenvalue weighted by Gasteiger charge is 2.36. The summed E-state index contributed by atoms with van der Waals surface area (Å²) >= 11 is 12.1. The Hall–Kier alpha value is -1.76. The molecule has 0 saturated carbocycles. The Morgan fingerprint density at radius 2 is 1.88 bits per heavy atom. The van der Waals surface area contributed by atoms with Gasteiger partial charge in [0.05, 0.1) is 22.7 Å². The minimum Gasteiger partial charge on any atom is -0.478 e. The van der Waals surface area contributed by atoms with Crippen LogP contribution < -0.4 is 0 Å². The van der Waals surface area contributed by atoms with Gasteiger partial charge in [-0.05, 0) is 37.0 Å². The van der Waals surface area contributed by atoms with Crippen molar-refractivity contribution in [2.24, 2.45) is 5.41 Å². The largest absolute Gasteiger partial charge is 0.478 e. The number of rotatable bonds is 7. The fourth-order valence-electron chi connectivity index (χ4n) is 3.39. The second-order valence-corrected chi connectivity index (χ2v) is 7.33. The van der Waals surface area contributed by atoms with Gasteiger partial charge in [-0.1, -0.05) is 29.3 Å². The van der Waals surface area contributed by atoms with Gasteiger partial charge in [0.25, 0.3) is 0 Å². The molecule has 142 valence electrons. The van der Waals surface area contributed by atoms with Crippen LogP contribution in [0.2, 0.25) is 10.0 Å². The zero-order valence-electron chi connectivity index (χ0n) is 14.4. The molecule has 2 N–H and O–H groups in total. The van der Waals surface area contributed by atoms with Crippen molar-refractivity contribution in [2.75, 3.05) is 26.8 Å². The van der Waals surface area contributed by atoms with Gasteiger partial charge in [0, 0.05) is 25.6 Å². The highest BCUT2D eigenvalue weighted by Crippen LogP contribution is 2.37. The second-order valence-electron chi connectivity index (χ2n) is 6.52. The molecule has 1 heterocycles. The zero-order valence-corrected chi connectivity index (χ0v) is 15.9. The monoisotopic (exact) mass is 401 g/mol. The van der Waals surface area contributed by atoms with Crippen molar-refractivity contribution in [3.63, 3.8) is 0 Å². The topological polar surface area (TPSA) is 87.1 Å². The van der Waals surface area contributed by atoms with Gasteiger partial charge >= 0.3 is 11.9 Å². The van der Waals surface area contributed by atoms with E-state index in [4.69, 9.17) is 33.0 Å². The van der Waals surface area contributed by atoms with Crippen LogP contribution in [0.4, 0.5) is 0 Å². The number of likely N-dealkylation sites (tertiary alicyclic amines) is 1. The lowest BCUT2D eigenvalue weighted by Crippen LogP contribution is -2.44. The van der Waals surface area contributed by atoms with E-state index in [-0.39, 0.29) is 11.1 Å². The first-order valence-corrected chi connectivity index (χ1v) is 8.88. The van der Waals surface area contributed by atoms with E-state index >= 15 is 0 Å². The number of halogens is 2. The lowest BCUT2D eigenvalue weighted by atomic mass is 9.74. The number of hydrogen-bond donors (Lipinski definition) is 2. The van der Waals surface area contributed by atoms with E-state index in [0.717, 1.165) is 18.1 Å². The molecule has 0 atom stereocenters. The Labute approximate surface area is 162 Å². The molecule has 6 nitrogen and oxygen atoms in total. The maximum atomic E-state index is 11.4. The van der Waals surface area contributed by atoms with Gasteiger partial charge in [0.1, 0.15) is 5.70 Å². The number of ether oxygens (including phenoxy) is 1. The number of aliphatic carboxylic acids is 2. The molecule has 1 fully saturated rings. The van der Waals surface area contributed by atoms with Crippen LogP contribution in [-0.2, 0) is 20.7 Å². The molecule has 1 aromatic carbocycles. The van der Waals surface area contributed by atoms with Crippen molar-refractivity contribution >= 4 is 35.1 Å². The van der Waals surface area contributed by atoms with Gasteiger partial charge in [-0.15, -0.1) is 0 Å². The summed E-state index contributed by atoms with van der Waals surface area (Å²) in [4.78, 5) is 23.8. The average molecular weight is 402 g/mol. The summed E-state index contributed by atoms with van der Waals surface area (Å²) in [5.74, 6) is -2.51. The van der Waals surface area contributed by atoms with E-state index in [0.29, 0.717) is 42.6 Å². The van der Waals surface area contributed by atoms with Gasteiger partial charge in [-0.3, -0.25) is 0 Å². The van der Waals surface area contributed by atoms with Crippen molar-refractivity contribution in [3.05, 3.63) is 45.6 Å². The molecule has 0 aromatic heterocycles. The van der Waals surface area contributed by atoms with Gasteiger partial charge in [-0.2, -0.15) is 0 Å². The first kappa shape index (κ1) is 20.6. The summed E-state index contributed by atoms with van der Waals surface area (Å²) in [6.45, 7) is 1.40. The van der Waals surface area contributed by atoms with Gasteiger partial charge in [0.15, 0.2) is 0 Å². The quantitative estimate of drug-likeness (QED) is 0.681. The van der Waals surface area contributed by atoms with Crippen LogP contribution >= 0.6 is 23.2 Å². The molecule has 0 radical (unpaired) electrons. The normalized spacial score (nSPS) is 17.2. The number of benzene rings is 1. The number of hydrogen-bond acceptors (Lipinski definition) is 4. The molecule has 1 saturated heterocycles. The van der Waals surface area contributed by atoms with Crippen LogP contribution in [0.1, 0.15) is 18.4 Å². The standard InChI is InChI=1S/C18H21Cl2NO5/c1-26-11-18(10-12-2-3-13(19)14(20)8-12)4-6-21(7-5-18)15(17(24)25)9-16(22)23/h2-3,8-9H,4-7,10-11H2,1H3,(H,22,23)(H,24,25). The summed E-state index contributed by atoms with van der Waals surface area (Å²) in [6, 6.07) is 5.51. The number of carboxylic acids is 2. The molecule has 0 amide bonds. The van der Waals surface area contributed by atoms with Crippen LogP contribution in [0.25, 0.3) is 0 Å². The maximum absolute atomic E-state index is 11.4. The van der Waals surface area contributed by atoms with Crippen LogP contribution in [0.5, 0.6) is 0 Å². The van der Waals surface area contributed by atoms with E-state index in [9.17, 15) is 14.7 Å². The predicted octanol–water partition coefficient (Wildman–Crippen LogP) is 3.32. The lowest BCUT2D eigenvalue weighted by Gasteiger charge is -2.42. The second kappa shape index (κ2) is 8.75. The molecule has 1 aliphatic rings. The van der Waals surface area contributed by atoms with E-state index in [2.05, 4.69) is 0 Å².